The molecule has 1 aromatic rings. The molecule has 1 fully saturated rings. The standard InChI is InChI=1S/C28H36N4O9.H2O4S/c1-6-7-8-31(12(2)3)16-11-17(32(40)41)22(33)19-14(16)9-13-10-15-21(30(4)5)24(35)20(27(29)38)26(37)28(15,39)25(36)18(13)23(19)34;1-5(2,3)4/h11-13,15,21,33-34,37,39H,6-10H2,1-5H3,(H2,29,38);(H2,1,2,3,4)/t13?,15?,21-,28-;/m0./s1. The molecule has 46 heavy (non-hydrogen) atoms. The lowest BCUT2D eigenvalue weighted by atomic mass is 9.57. The molecular weight excluding hydrogens is 632 g/mol. The van der Waals surface area contributed by atoms with Crippen LogP contribution >= 0.6 is 0 Å². The zero-order chi connectivity index (χ0) is 35.2. The molecule has 3 aliphatic carbocycles. The van der Waals surface area contributed by atoms with Gasteiger partial charge in [-0.3, -0.25) is 38.5 Å². The SMILES string of the molecule is CCCCN(c1cc([N+](=O)[O-])c(O)c2c1CC1CC3[C@H](N(C)C)C(=O)C(C(N)=O)=C(O)[C@@]3(O)C(=O)C1=C2O)C(C)C.O=S(=O)(O)O. The highest BCUT2D eigenvalue weighted by atomic mass is 32.3. The quantitative estimate of drug-likeness (QED) is 0.0886. The van der Waals surface area contributed by atoms with E-state index >= 15 is 0 Å². The van der Waals surface area contributed by atoms with Crippen molar-refractivity contribution in [2.45, 2.75) is 64.1 Å². The Morgan fingerprint density at radius 1 is 1.20 bits per heavy atom. The number of phenolic OH excluding ortho intramolecular Hbond substituents is 1. The van der Waals surface area contributed by atoms with Crippen molar-refractivity contribution < 1.29 is 57.3 Å². The van der Waals surface area contributed by atoms with E-state index in [1.807, 2.05) is 25.7 Å². The third-order valence-electron chi connectivity index (χ3n) is 8.56. The molecule has 1 aromatic carbocycles. The molecule has 4 rings (SSSR count). The van der Waals surface area contributed by atoms with Gasteiger partial charge in [-0.2, -0.15) is 8.42 Å². The molecule has 0 bridgehead atoms. The first-order valence-electron chi connectivity index (χ1n) is 14.3. The van der Waals surface area contributed by atoms with E-state index in [1.165, 1.54) is 25.1 Å². The zero-order valence-corrected chi connectivity index (χ0v) is 26.6. The summed E-state index contributed by atoms with van der Waals surface area (Å²) in [5, 5.41) is 57.1. The molecule has 1 saturated carbocycles. The van der Waals surface area contributed by atoms with E-state index in [0.29, 0.717) is 17.8 Å². The fourth-order valence-corrected chi connectivity index (χ4v) is 6.66. The van der Waals surface area contributed by atoms with Gasteiger partial charge in [0.15, 0.2) is 11.4 Å². The van der Waals surface area contributed by atoms with Gasteiger partial charge in [0.05, 0.1) is 16.5 Å². The van der Waals surface area contributed by atoms with E-state index in [4.69, 9.17) is 23.3 Å². The summed E-state index contributed by atoms with van der Waals surface area (Å²) in [7, 11) is -1.62. The topological polar surface area (TPSA) is 282 Å². The molecule has 2 unspecified atom stereocenters. The Balaban J connectivity index is 0.00000107. The third kappa shape index (κ3) is 6.30. The number of benzene rings is 1. The number of aliphatic hydroxyl groups excluding tert-OH is 2. The van der Waals surface area contributed by atoms with E-state index in [9.17, 15) is 44.9 Å². The molecule has 0 radical (unpaired) electrons. The number of nitrogens with zero attached hydrogens (tertiary/aromatic N) is 3. The second-order valence-corrected chi connectivity index (χ2v) is 12.8. The van der Waals surface area contributed by atoms with Crippen LogP contribution in [0.5, 0.6) is 5.75 Å². The van der Waals surface area contributed by atoms with Crippen LogP contribution in [0.1, 0.15) is 51.2 Å². The maximum atomic E-state index is 14.0. The van der Waals surface area contributed by atoms with Crippen molar-refractivity contribution in [3.63, 3.8) is 0 Å². The van der Waals surface area contributed by atoms with Crippen LogP contribution in [0, 0.1) is 22.0 Å². The molecule has 0 heterocycles. The number of nitro benzene ring substituents is 1. The number of nitrogens with two attached hydrogens (primary N) is 1. The number of Topliss-reactive ketones (excluding diaryl/α,β-unsaturated/α-hetero) is 2. The average molecular weight is 671 g/mol. The number of nitro groups is 1. The summed E-state index contributed by atoms with van der Waals surface area (Å²) in [5.74, 6) is -8.11. The van der Waals surface area contributed by atoms with Crippen molar-refractivity contribution in [2.24, 2.45) is 17.6 Å². The molecule has 17 nitrogen and oxygen atoms in total. The number of aromatic hydroxyl groups is 1. The minimum atomic E-state index is -4.67. The van der Waals surface area contributed by atoms with Gasteiger partial charge >= 0.3 is 16.1 Å². The van der Waals surface area contributed by atoms with Crippen molar-refractivity contribution >= 4 is 45.0 Å². The molecule has 0 spiro atoms. The van der Waals surface area contributed by atoms with E-state index < -0.39 is 84.8 Å². The van der Waals surface area contributed by atoms with E-state index in [2.05, 4.69) is 0 Å². The van der Waals surface area contributed by atoms with Crippen molar-refractivity contribution in [3.8, 4) is 5.75 Å². The van der Waals surface area contributed by atoms with Crippen molar-refractivity contribution in [3.05, 3.63) is 44.2 Å². The lowest BCUT2D eigenvalue weighted by molar-refractivity contribution is -0.385. The maximum Gasteiger partial charge on any atom is 0.394 e. The van der Waals surface area contributed by atoms with Crippen LogP contribution < -0.4 is 10.6 Å². The molecule has 0 aromatic heterocycles. The number of phenols is 1. The minimum Gasteiger partial charge on any atom is -0.508 e. The monoisotopic (exact) mass is 670 g/mol. The van der Waals surface area contributed by atoms with E-state index in [-0.39, 0.29) is 30.0 Å². The number of amides is 1. The fraction of sp³-hybridized carbons (Fsp3) is 0.536. The van der Waals surface area contributed by atoms with Gasteiger partial charge in [-0.05, 0) is 58.7 Å². The summed E-state index contributed by atoms with van der Waals surface area (Å²) >= 11 is 0. The van der Waals surface area contributed by atoms with E-state index in [0.717, 1.165) is 12.8 Å². The number of hydrogen-bond donors (Lipinski definition) is 7. The number of fused-ring (bicyclic) bond motifs is 3. The molecule has 18 heteroatoms. The molecule has 8 N–H and O–H groups in total. The Bertz CT molecular complexity index is 1640. The van der Waals surface area contributed by atoms with Crippen LogP contribution in [-0.4, -0.2) is 104 Å². The highest BCUT2D eigenvalue weighted by Crippen LogP contribution is 2.55. The Kier molecular flexibility index (Phi) is 10.2. The first kappa shape index (κ1) is 36.4. The number of carbonyl (C=O) groups excluding carboxylic acids is 3. The van der Waals surface area contributed by atoms with Gasteiger partial charge in [-0.1, -0.05) is 13.3 Å². The Morgan fingerprint density at radius 3 is 2.22 bits per heavy atom. The number of aliphatic hydroxyl groups is 3. The number of ketones is 2. The van der Waals surface area contributed by atoms with Gasteiger partial charge in [-0.15, -0.1) is 0 Å². The molecular formula is C28H38N4O13S. The predicted octanol–water partition coefficient (Wildman–Crippen LogP) is 1.23. The van der Waals surface area contributed by atoms with Crippen LogP contribution in [0.2, 0.25) is 0 Å². The number of rotatable bonds is 8. The van der Waals surface area contributed by atoms with E-state index in [1.54, 1.807) is 0 Å². The second-order valence-electron chi connectivity index (χ2n) is 11.9. The summed E-state index contributed by atoms with van der Waals surface area (Å²) in [6.45, 7) is 6.37. The van der Waals surface area contributed by atoms with Crippen molar-refractivity contribution in [1.82, 2.24) is 4.90 Å². The van der Waals surface area contributed by atoms with Crippen molar-refractivity contribution in [2.75, 3.05) is 25.5 Å². The smallest absolute Gasteiger partial charge is 0.394 e. The lowest BCUT2D eigenvalue weighted by Gasteiger charge is -2.50. The molecule has 4 atom stereocenters. The number of anilines is 1. The Labute approximate surface area is 264 Å². The van der Waals surface area contributed by atoms with Gasteiger partial charge < -0.3 is 31.1 Å². The second kappa shape index (κ2) is 13.0. The van der Waals surface area contributed by atoms with Crippen LogP contribution in [0.4, 0.5) is 11.4 Å². The summed E-state index contributed by atoms with van der Waals surface area (Å²) in [5.41, 5.74) is 1.15. The highest BCUT2D eigenvalue weighted by Gasteiger charge is 2.64. The summed E-state index contributed by atoms with van der Waals surface area (Å²) in [4.78, 5) is 53.9. The normalized spacial score (nSPS) is 24.3. The average Bonchev–Trinajstić information content (AvgIpc) is 2.90. The van der Waals surface area contributed by atoms with Gasteiger partial charge in [0.2, 0.25) is 11.5 Å². The van der Waals surface area contributed by atoms with Crippen LogP contribution in [0.15, 0.2) is 23.0 Å². The van der Waals surface area contributed by atoms with Crippen LogP contribution in [0.25, 0.3) is 5.76 Å². The number of likely N-dealkylation sites (N-methyl/N-ethyl adjacent to an activating group) is 1. The Hall–Kier alpha value is -4.10. The van der Waals surface area contributed by atoms with Gasteiger partial charge in [0.1, 0.15) is 17.1 Å². The van der Waals surface area contributed by atoms with Gasteiger partial charge in [-0.25, -0.2) is 0 Å². The van der Waals surface area contributed by atoms with Crippen LogP contribution in [0.3, 0.4) is 0 Å². The number of hydrogen-bond acceptors (Lipinski definition) is 13. The molecule has 0 saturated heterocycles. The summed E-state index contributed by atoms with van der Waals surface area (Å²) in [6.07, 6.45) is 1.60. The van der Waals surface area contributed by atoms with Gasteiger partial charge in [0, 0.05) is 35.8 Å². The number of primary amides is 1. The minimum absolute atomic E-state index is 0.0464. The molecule has 0 aliphatic heterocycles. The van der Waals surface area contributed by atoms with Crippen molar-refractivity contribution in [1.29, 1.82) is 0 Å². The summed E-state index contributed by atoms with van der Waals surface area (Å²) < 4.78 is 31.6. The van der Waals surface area contributed by atoms with Crippen LogP contribution in [-0.2, 0) is 31.2 Å². The largest absolute Gasteiger partial charge is 0.508 e. The maximum absolute atomic E-state index is 14.0. The first-order valence-corrected chi connectivity index (χ1v) is 15.6. The van der Waals surface area contributed by atoms with Gasteiger partial charge in [0.25, 0.3) is 5.91 Å². The molecule has 254 valence electrons. The number of unbranched alkanes of at least 4 members (excludes halogenated alkanes) is 1. The molecule has 1 amide bonds. The first-order chi connectivity index (χ1) is 21.1. The summed E-state index contributed by atoms with van der Waals surface area (Å²) in [6, 6.07) is -0.0403. The molecule has 3 aliphatic rings. The fourth-order valence-electron chi connectivity index (χ4n) is 6.66. The number of carbonyl (C=O) groups is 3. The highest BCUT2D eigenvalue weighted by molar-refractivity contribution is 7.79. The zero-order valence-electron chi connectivity index (χ0n) is 25.8. The third-order valence-corrected chi connectivity index (χ3v) is 8.56. The predicted molar refractivity (Wildman–Crippen MR) is 162 cm³/mol. The Morgan fingerprint density at radius 2 is 1.76 bits per heavy atom. The lowest BCUT2D eigenvalue weighted by Crippen LogP contribution is -2.65.